The molecule has 0 heterocycles. The SMILES string of the molecule is CCCCN(CC)Cc1cc(C(C)NC)ccc1OC. The molecule has 3 nitrogen and oxygen atoms in total. The van der Waals surface area contributed by atoms with Crippen LogP contribution in [0.1, 0.15) is 50.8 Å². The van der Waals surface area contributed by atoms with E-state index in [1.54, 1.807) is 7.11 Å². The number of nitrogens with one attached hydrogen (secondary N) is 1. The molecule has 0 spiro atoms. The number of ether oxygens (including phenoxy) is 1. The summed E-state index contributed by atoms with van der Waals surface area (Å²) in [7, 11) is 3.75. The quantitative estimate of drug-likeness (QED) is 0.747. The molecule has 1 aromatic rings. The second-order valence-electron chi connectivity index (χ2n) is 5.30. The second-order valence-corrected chi connectivity index (χ2v) is 5.30. The predicted octanol–water partition coefficient (Wildman–Crippen LogP) is 3.60. The molecule has 0 radical (unpaired) electrons. The highest BCUT2D eigenvalue weighted by Crippen LogP contribution is 2.24. The molecule has 3 heteroatoms. The molecule has 1 N–H and O–H groups in total. The fraction of sp³-hybridized carbons (Fsp3) is 0.647. The average molecular weight is 278 g/mol. The monoisotopic (exact) mass is 278 g/mol. The summed E-state index contributed by atoms with van der Waals surface area (Å²) in [5.41, 5.74) is 2.60. The van der Waals surface area contributed by atoms with E-state index in [2.05, 4.69) is 49.2 Å². The molecule has 1 unspecified atom stereocenters. The van der Waals surface area contributed by atoms with E-state index in [1.165, 1.54) is 24.0 Å². The zero-order valence-electron chi connectivity index (χ0n) is 13.7. The van der Waals surface area contributed by atoms with Gasteiger partial charge in [-0.1, -0.05) is 26.3 Å². The van der Waals surface area contributed by atoms with E-state index < -0.39 is 0 Å². The number of benzene rings is 1. The van der Waals surface area contributed by atoms with Gasteiger partial charge in [-0.05, 0) is 51.2 Å². The first kappa shape index (κ1) is 17.0. The van der Waals surface area contributed by atoms with Crippen molar-refractivity contribution in [3.8, 4) is 5.75 Å². The third kappa shape index (κ3) is 4.80. The topological polar surface area (TPSA) is 24.5 Å². The maximum absolute atomic E-state index is 5.52. The van der Waals surface area contributed by atoms with Crippen LogP contribution >= 0.6 is 0 Å². The summed E-state index contributed by atoms with van der Waals surface area (Å²) < 4.78 is 5.52. The van der Waals surface area contributed by atoms with E-state index >= 15 is 0 Å². The number of rotatable bonds is 9. The first-order valence-electron chi connectivity index (χ1n) is 7.72. The maximum Gasteiger partial charge on any atom is 0.123 e. The van der Waals surface area contributed by atoms with Gasteiger partial charge in [0.1, 0.15) is 5.75 Å². The lowest BCUT2D eigenvalue weighted by Crippen LogP contribution is -2.24. The van der Waals surface area contributed by atoms with Crippen LogP contribution in [0.4, 0.5) is 0 Å². The van der Waals surface area contributed by atoms with Gasteiger partial charge in [-0.15, -0.1) is 0 Å². The molecule has 0 saturated carbocycles. The highest BCUT2D eigenvalue weighted by atomic mass is 16.5. The fourth-order valence-electron chi connectivity index (χ4n) is 2.33. The minimum atomic E-state index is 0.366. The molecule has 1 aromatic carbocycles. The number of unbranched alkanes of at least 4 members (excludes halogenated alkanes) is 1. The summed E-state index contributed by atoms with van der Waals surface area (Å²) in [5.74, 6) is 0.993. The van der Waals surface area contributed by atoms with Crippen molar-refractivity contribution in [3.05, 3.63) is 29.3 Å². The van der Waals surface area contributed by atoms with Crippen LogP contribution in [0.2, 0.25) is 0 Å². The molecule has 0 aliphatic rings. The van der Waals surface area contributed by atoms with Gasteiger partial charge >= 0.3 is 0 Å². The number of methoxy groups -OCH3 is 1. The lowest BCUT2D eigenvalue weighted by Gasteiger charge is -2.22. The van der Waals surface area contributed by atoms with Gasteiger partial charge in [0.15, 0.2) is 0 Å². The van der Waals surface area contributed by atoms with Gasteiger partial charge in [0.05, 0.1) is 7.11 Å². The molecule has 1 atom stereocenters. The summed E-state index contributed by atoms with van der Waals surface area (Å²) in [6.07, 6.45) is 2.49. The Balaban J connectivity index is 2.89. The smallest absolute Gasteiger partial charge is 0.123 e. The largest absolute Gasteiger partial charge is 0.496 e. The van der Waals surface area contributed by atoms with E-state index in [4.69, 9.17) is 4.74 Å². The van der Waals surface area contributed by atoms with Gasteiger partial charge in [-0.3, -0.25) is 4.90 Å². The van der Waals surface area contributed by atoms with Crippen LogP contribution in [-0.4, -0.2) is 32.1 Å². The van der Waals surface area contributed by atoms with E-state index in [1.807, 2.05) is 7.05 Å². The van der Waals surface area contributed by atoms with Crippen molar-refractivity contribution in [1.29, 1.82) is 0 Å². The van der Waals surface area contributed by atoms with Gasteiger partial charge in [-0.25, -0.2) is 0 Å². The molecule has 1 rings (SSSR count). The fourth-order valence-corrected chi connectivity index (χ4v) is 2.33. The molecule has 0 aliphatic heterocycles. The van der Waals surface area contributed by atoms with E-state index in [0.29, 0.717) is 6.04 Å². The van der Waals surface area contributed by atoms with E-state index in [0.717, 1.165) is 25.4 Å². The zero-order valence-corrected chi connectivity index (χ0v) is 13.7. The first-order chi connectivity index (χ1) is 9.65. The minimum Gasteiger partial charge on any atom is -0.496 e. The van der Waals surface area contributed by atoms with Crippen molar-refractivity contribution < 1.29 is 4.74 Å². The molecule has 114 valence electrons. The van der Waals surface area contributed by atoms with Gasteiger partial charge in [0.2, 0.25) is 0 Å². The summed E-state index contributed by atoms with van der Waals surface area (Å²) in [4.78, 5) is 2.48. The van der Waals surface area contributed by atoms with Crippen LogP contribution in [0, 0.1) is 0 Å². The van der Waals surface area contributed by atoms with Crippen molar-refractivity contribution in [3.63, 3.8) is 0 Å². The highest BCUT2D eigenvalue weighted by molar-refractivity contribution is 5.38. The summed E-state index contributed by atoms with van der Waals surface area (Å²) in [5, 5.41) is 3.29. The van der Waals surface area contributed by atoms with Crippen molar-refractivity contribution in [2.45, 2.75) is 46.2 Å². The summed E-state index contributed by atoms with van der Waals surface area (Å²) >= 11 is 0. The van der Waals surface area contributed by atoms with Crippen LogP contribution in [0.25, 0.3) is 0 Å². The van der Waals surface area contributed by atoms with Gasteiger partial charge in [-0.2, -0.15) is 0 Å². The standard InChI is InChI=1S/C17H30N2O/c1-6-8-11-19(7-2)13-16-12-15(14(3)18-4)9-10-17(16)20-5/h9-10,12,14,18H,6-8,11,13H2,1-5H3. The maximum atomic E-state index is 5.52. The van der Waals surface area contributed by atoms with Gasteiger partial charge < -0.3 is 10.1 Å². The van der Waals surface area contributed by atoms with Crippen molar-refractivity contribution in [2.75, 3.05) is 27.2 Å². The van der Waals surface area contributed by atoms with Gasteiger partial charge in [0, 0.05) is 18.2 Å². The van der Waals surface area contributed by atoms with Crippen LogP contribution < -0.4 is 10.1 Å². The van der Waals surface area contributed by atoms with E-state index in [9.17, 15) is 0 Å². The van der Waals surface area contributed by atoms with Crippen molar-refractivity contribution >= 4 is 0 Å². The Bertz CT molecular complexity index is 393. The van der Waals surface area contributed by atoms with Crippen molar-refractivity contribution in [2.24, 2.45) is 0 Å². The molecule has 0 aliphatic carbocycles. The zero-order chi connectivity index (χ0) is 15.0. The Kier molecular flexibility index (Phi) is 7.63. The Hall–Kier alpha value is -1.06. The predicted molar refractivity (Wildman–Crippen MR) is 86.3 cm³/mol. The molecular weight excluding hydrogens is 248 g/mol. The highest BCUT2D eigenvalue weighted by Gasteiger charge is 2.11. The molecule has 0 bridgehead atoms. The molecule has 0 fully saturated rings. The first-order valence-corrected chi connectivity index (χ1v) is 7.72. The average Bonchev–Trinajstić information content (AvgIpc) is 2.50. The Morgan fingerprint density at radius 3 is 2.60 bits per heavy atom. The molecule has 20 heavy (non-hydrogen) atoms. The minimum absolute atomic E-state index is 0.366. The summed E-state index contributed by atoms with van der Waals surface area (Å²) in [6, 6.07) is 6.87. The molecule has 0 aromatic heterocycles. The Labute approximate surface area is 124 Å². The lowest BCUT2D eigenvalue weighted by atomic mass is 10.0. The van der Waals surface area contributed by atoms with Crippen LogP contribution in [0.5, 0.6) is 5.75 Å². The third-order valence-electron chi connectivity index (χ3n) is 3.91. The number of hydrogen-bond acceptors (Lipinski definition) is 3. The second kappa shape index (κ2) is 8.98. The van der Waals surface area contributed by atoms with E-state index in [-0.39, 0.29) is 0 Å². The number of nitrogens with zero attached hydrogens (tertiary/aromatic N) is 1. The van der Waals surface area contributed by atoms with Crippen molar-refractivity contribution in [1.82, 2.24) is 10.2 Å². The molecule has 0 saturated heterocycles. The molecular formula is C17H30N2O. The Morgan fingerprint density at radius 2 is 2.05 bits per heavy atom. The van der Waals surface area contributed by atoms with Gasteiger partial charge in [0.25, 0.3) is 0 Å². The third-order valence-corrected chi connectivity index (χ3v) is 3.91. The van der Waals surface area contributed by atoms with Crippen LogP contribution in [-0.2, 0) is 6.54 Å². The van der Waals surface area contributed by atoms with Crippen LogP contribution in [0.3, 0.4) is 0 Å². The molecule has 0 amide bonds. The number of hydrogen-bond donors (Lipinski definition) is 1. The Morgan fingerprint density at radius 1 is 1.30 bits per heavy atom. The lowest BCUT2D eigenvalue weighted by molar-refractivity contribution is 0.270. The summed E-state index contributed by atoms with van der Waals surface area (Å²) in [6.45, 7) is 9.84. The van der Waals surface area contributed by atoms with Crippen LogP contribution in [0.15, 0.2) is 18.2 Å². The normalized spacial score (nSPS) is 12.7.